The first-order chi connectivity index (χ1) is 20.2. The van der Waals surface area contributed by atoms with Crippen LogP contribution in [0.3, 0.4) is 0 Å². The van der Waals surface area contributed by atoms with E-state index in [2.05, 4.69) is 10.6 Å². The van der Waals surface area contributed by atoms with Crippen molar-refractivity contribution in [3.63, 3.8) is 0 Å². The number of nitrogens with one attached hydrogen (secondary N) is 2. The number of aromatic hydroxyl groups is 1. The third-order valence-corrected chi connectivity index (χ3v) is 7.42. The number of phenolic OH excluding ortho intramolecular Hbond substituents is 1. The van der Waals surface area contributed by atoms with E-state index in [9.17, 15) is 19.5 Å². The molecule has 3 atom stereocenters. The highest BCUT2D eigenvalue weighted by Gasteiger charge is 2.39. The Hall–Kier alpha value is -4.33. The van der Waals surface area contributed by atoms with Gasteiger partial charge in [-0.1, -0.05) is 61.5 Å². The number of anilines is 1. The standard InChI is InChI=1S/C35H45N3O5/c1-9-25(5)38(33(41)29(36-34(42)43-35(6,7)8)21-26-17-19-27(39)20-18-26)31(28-16-11-10-13-22(28)2)32(40)37-30-23(3)14-12-15-24(30)4/h10-20,25,29,31,39H,9,21H2,1-8H3,(H,36,42)(H,37,40). The van der Waals surface area contributed by atoms with Crippen LogP contribution >= 0.6 is 0 Å². The van der Waals surface area contributed by atoms with Crippen LogP contribution in [0.4, 0.5) is 10.5 Å². The van der Waals surface area contributed by atoms with Gasteiger partial charge in [-0.2, -0.15) is 0 Å². The van der Waals surface area contributed by atoms with Gasteiger partial charge in [-0.25, -0.2) is 4.79 Å². The number of carbonyl (C=O) groups is 3. The van der Waals surface area contributed by atoms with E-state index in [1.165, 1.54) is 12.1 Å². The zero-order chi connectivity index (χ0) is 31.9. The number of nitrogens with zero attached hydrogens (tertiary/aromatic N) is 1. The van der Waals surface area contributed by atoms with Gasteiger partial charge in [0.15, 0.2) is 0 Å². The fourth-order valence-corrected chi connectivity index (χ4v) is 5.01. The fourth-order valence-electron chi connectivity index (χ4n) is 5.01. The molecule has 3 amide bonds. The molecule has 230 valence electrons. The molecule has 0 aliphatic heterocycles. The molecule has 3 N–H and O–H groups in total. The van der Waals surface area contributed by atoms with Gasteiger partial charge >= 0.3 is 6.09 Å². The third-order valence-electron chi connectivity index (χ3n) is 7.42. The van der Waals surface area contributed by atoms with Crippen molar-refractivity contribution in [2.45, 2.75) is 92.0 Å². The first kappa shape index (κ1) is 33.2. The summed E-state index contributed by atoms with van der Waals surface area (Å²) in [5.41, 5.74) is 4.03. The van der Waals surface area contributed by atoms with Crippen molar-refractivity contribution in [2.24, 2.45) is 0 Å². The lowest BCUT2D eigenvalue weighted by Crippen LogP contribution is -2.55. The minimum Gasteiger partial charge on any atom is -0.508 e. The first-order valence-electron chi connectivity index (χ1n) is 14.7. The van der Waals surface area contributed by atoms with Crippen LogP contribution in [0.1, 0.15) is 74.9 Å². The molecule has 0 heterocycles. The number of hydrogen-bond acceptors (Lipinski definition) is 5. The fraction of sp³-hybridized carbons (Fsp3) is 0.400. The maximum atomic E-state index is 14.7. The van der Waals surface area contributed by atoms with Crippen LogP contribution in [0.25, 0.3) is 0 Å². The van der Waals surface area contributed by atoms with Crippen molar-refractivity contribution in [3.05, 3.63) is 94.5 Å². The average molecular weight is 588 g/mol. The van der Waals surface area contributed by atoms with Crippen LogP contribution in [0, 0.1) is 20.8 Å². The molecule has 43 heavy (non-hydrogen) atoms. The summed E-state index contributed by atoms with van der Waals surface area (Å²) in [6.07, 6.45) is -0.0332. The lowest BCUT2D eigenvalue weighted by molar-refractivity contribution is -0.143. The molecule has 0 radical (unpaired) electrons. The molecule has 0 spiro atoms. The van der Waals surface area contributed by atoms with E-state index in [-0.39, 0.29) is 24.1 Å². The van der Waals surface area contributed by atoms with Gasteiger partial charge in [0.2, 0.25) is 5.91 Å². The van der Waals surface area contributed by atoms with Crippen molar-refractivity contribution in [2.75, 3.05) is 5.32 Å². The highest BCUT2D eigenvalue weighted by Crippen LogP contribution is 2.31. The topological polar surface area (TPSA) is 108 Å². The van der Waals surface area contributed by atoms with Crippen molar-refractivity contribution >= 4 is 23.6 Å². The molecule has 3 aromatic carbocycles. The zero-order valence-electron chi connectivity index (χ0n) is 26.5. The van der Waals surface area contributed by atoms with Crippen molar-refractivity contribution in [1.29, 1.82) is 0 Å². The van der Waals surface area contributed by atoms with E-state index in [1.807, 2.05) is 77.1 Å². The maximum Gasteiger partial charge on any atom is 0.408 e. The molecule has 8 nitrogen and oxygen atoms in total. The zero-order valence-corrected chi connectivity index (χ0v) is 26.5. The molecular formula is C35H45N3O5. The van der Waals surface area contributed by atoms with Gasteiger partial charge in [-0.3, -0.25) is 9.59 Å². The molecule has 0 bridgehead atoms. The molecule has 0 aliphatic rings. The second kappa shape index (κ2) is 14.2. The number of phenols is 1. The molecular weight excluding hydrogens is 542 g/mol. The summed E-state index contributed by atoms with van der Waals surface area (Å²) in [5.74, 6) is -0.671. The van der Waals surface area contributed by atoms with Crippen LogP contribution in [0.5, 0.6) is 5.75 Å². The molecule has 3 unspecified atom stereocenters. The Labute approximate surface area is 255 Å². The highest BCUT2D eigenvalue weighted by atomic mass is 16.6. The average Bonchev–Trinajstić information content (AvgIpc) is 2.93. The maximum absolute atomic E-state index is 14.7. The quantitative estimate of drug-likeness (QED) is 0.243. The number of benzene rings is 3. The van der Waals surface area contributed by atoms with Crippen molar-refractivity contribution < 1.29 is 24.2 Å². The Bertz CT molecular complexity index is 1410. The number of amides is 3. The highest BCUT2D eigenvalue weighted by molar-refractivity contribution is 6.00. The van der Waals surface area contributed by atoms with Gasteiger partial charge in [0, 0.05) is 18.2 Å². The van der Waals surface area contributed by atoms with Gasteiger partial charge < -0.3 is 25.4 Å². The van der Waals surface area contributed by atoms with Crippen LogP contribution in [-0.2, 0) is 20.7 Å². The lowest BCUT2D eigenvalue weighted by Gasteiger charge is -2.39. The van der Waals surface area contributed by atoms with Crippen LogP contribution in [0.15, 0.2) is 66.7 Å². The van der Waals surface area contributed by atoms with Crippen LogP contribution < -0.4 is 10.6 Å². The number of para-hydroxylation sites is 1. The summed E-state index contributed by atoms with van der Waals surface area (Å²) >= 11 is 0. The Morgan fingerprint density at radius 2 is 1.47 bits per heavy atom. The molecule has 3 aromatic rings. The number of hydrogen-bond donors (Lipinski definition) is 3. The second-order valence-corrected chi connectivity index (χ2v) is 12.1. The number of aryl methyl sites for hydroxylation is 3. The first-order valence-corrected chi connectivity index (χ1v) is 14.7. The minimum atomic E-state index is -1.05. The summed E-state index contributed by atoms with van der Waals surface area (Å²) in [4.78, 5) is 43.6. The van der Waals surface area contributed by atoms with Gasteiger partial charge in [0.05, 0.1) is 0 Å². The smallest absolute Gasteiger partial charge is 0.408 e. The summed E-state index contributed by atoms with van der Waals surface area (Å²) in [6, 6.07) is 17.4. The number of ether oxygens (including phenoxy) is 1. The largest absolute Gasteiger partial charge is 0.508 e. The van der Waals surface area contributed by atoms with Crippen molar-refractivity contribution in [1.82, 2.24) is 10.2 Å². The Balaban J connectivity index is 2.13. The van der Waals surface area contributed by atoms with E-state index < -0.39 is 29.7 Å². The molecule has 0 fully saturated rings. The van der Waals surface area contributed by atoms with E-state index >= 15 is 0 Å². The van der Waals surface area contributed by atoms with E-state index in [1.54, 1.807) is 37.8 Å². The summed E-state index contributed by atoms with van der Waals surface area (Å²) in [6.45, 7) is 14.9. The molecule has 3 rings (SSSR count). The summed E-state index contributed by atoms with van der Waals surface area (Å²) in [5, 5.41) is 15.7. The number of rotatable bonds is 10. The molecule has 0 aromatic heterocycles. The van der Waals surface area contributed by atoms with Gasteiger partial charge in [0.1, 0.15) is 23.4 Å². The monoisotopic (exact) mass is 587 g/mol. The van der Waals surface area contributed by atoms with E-state index in [4.69, 9.17) is 4.74 Å². The predicted molar refractivity (Wildman–Crippen MR) is 170 cm³/mol. The third kappa shape index (κ3) is 8.83. The molecule has 8 heteroatoms. The van der Waals surface area contributed by atoms with E-state index in [0.29, 0.717) is 17.7 Å². The Kier molecular flexibility index (Phi) is 11.0. The lowest BCUT2D eigenvalue weighted by atomic mass is 9.95. The SMILES string of the molecule is CCC(C)N(C(=O)C(Cc1ccc(O)cc1)NC(=O)OC(C)(C)C)C(C(=O)Nc1c(C)cccc1C)c1ccccc1C. The summed E-state index contributed by atoms with van der Waals surface area (Å²) in [7, 11) is 0. The normalized spacial score (nSPS) is 13.4. The summed E-state index contributed by atoms with van der Waals surface area (Å²) < 4.78 is 5.52. The molecule has 0 aliphatic carbocycles. The predicted octanol–water partition coefficient (Wildman–Crippen LogP) is 6.76. The Morgan fingerprint density at radius 1 is 0.884 bits per heavy atom. The molecule has 0 saturated carbocycles. The Morgan fingerprint density at radius 3 is 2.02 bits per heavy atom. The van der Waals surface area contributed by atoms with Crippen molar-refractivity contribution in [3.8, 4) is 5.75 Å². The number of carbonyl (C=O) groups excluding carboxylic acids is 3. The van der Waals surface area contributed by atoms with Crippen LogP contribution in [0.2, 0.25) is 0 Å². The van der Waals surface area contributed by atoms with Gasteiger partial charge in [0.25, 0.3) is 5.91 Å². The minimum absolute atomic E-state index is 0.0933. The van der Waals surface area contributed by atoms with E-state index in [0.717, 1.165) is 22.3 Å². The molecule has 0 saturated heterocycles. The second-order valence-electron chi connectivity index (χ2n) is 12.1. The number of alkyl carbamates (subject to hydrolysis) is 1. The van der Waals surface area contributed by atoms with Gasteiger partial charge in [-0.15, -0.1) is 0 Å². The van der Waals surface area contributed by atoms with Crippen LogP contribution in [-0.4, -0.2) is 45.6 Å². The van der Waals surface area contributed by atoms with Gasteiger partial charge in [-0.05, 0) is 94.8 Å².